The number of carbonyl (C=O) groups is 1. The number of aryl methyl sites for hydroxylation is 1. The van der Waals surface area contributed by atoms with Gasteiger partial charge < -0.3 is 29.9 Å². The van der Waals surface area contributed by atoms with Crippen molar-refractivity contribution in [3.63, 3.8) is 0 Å². The predicted molar refractivity (Wildman–Crippen MR) is 205 cm³/mol. The number of tetrazole rings is 1. The number of nitrogens with zero attached hydrogens (tertiary/aromatic N) is 10. The lowest BCUT2D eigenvalue weighted by molar-refractivity contribution is -0.0384. The molecule has 0 spiro atoms. The maximum atomic E-state index is 12.2. The van der Waals surface area contributed by atoms with Crippen molar-refractivity contribution in [2.45, 2.75) is 69.5 Å². The number of aliphatic hydroxyl groups is 2. The molecular weight excluding hydrogens is 715 g/mol. The fourth-order valence-electron chi connectivity index (χ4n) is 8.11. The van der Waals surface area contributed by atoms with E-state index in [0.29, 0.717) is 48.1 Å². The van der Waals surface area contributed by atoms with Crippen molar-refractivity contribution in [1.82, 2.24) is 44.6 Å². The zero-order chi connectivity index (χ0) is 38.3. The van der Waals surface area contributed by atoms with Crippen LogP contribution in [-0.2, 0) is 29.1 Å². The maximum Gasteiger partial charge on any atom is 0.337 e. The molecule has 3 aromatic heterocycles. The molecule has 2 fully saturated rings. The molecule has 3 aliphatic heterocycles. The third-order valence-electron chi connectivity index (χ3n) is 11.1. The van der Waals surface area contributed by atoms with Crippen molar-refractivity contribution in [2.24, 2.45) is 0 Å². The summed E-state index contributed by atoms with van der Waals surface area (Å²) in [7, 11) is 1.40. The van der Waals surface area contributed by atoms with Crippen molar-refractivity contribution in [3.8, 4) is 0 Å². The Morgan fingerprint density at radius 1 is 0.982 bits per heavy atom. The van der Waals surface area contributed by atoms with E-state index >= 15 is 0 Å². The first kappa shape index (κ1) is 35.9. The van der Waals surface area contributed by atoms with Crippen LogP contribution in [-0.4, -0.2) is 106 Å². The predicted octanol–water partition coefficient (Wildman–Crippen LogP) is 3.45. The van der Waals surface area contributed by atoms with Crippen molar-refractivity contribution in [2.75, 3.05) is 37.0 Å². The number of rotatable bonds is 11. The molecule has 6 aromatic rings. The Morgan fingerprint density at radius 3 is 2.45 bits per heavy atom. The number of ether oxygens (including phenoxy) is 2. The Morgan fingerprint density at radius 2 is 1.73 bits per heavy atom. The molecule has 6 heterocycles. The van der Waals surface area contributed by atoms with E-state index in [1.165, 1.54) is 17.5 Å². The molecule has 0 aliphatic carbocycles. The van der Waals surface area contributed by atoms with Crippen LogP contribution in [0.4, 0.5) is 11.8 Å². The highest BCUT2D eigenvalue weighted by molar-refractivity contribution is 5.89. The lowest BCUT2D eigenvalue weighted by atomic mass is 9.91. The second kappa shape index (κ2) is 15.0. The number of aliphatic hydroxyl groups excluding tert-OH is 2. The van der Waals surface area contributed by atoms with E-state index in [1.54, 1.807) is 10.9 Å². The minimum atomic E-state index is -1.32. The van der Waals surface area contributed by atoms with Crippen LogP contribution in [0, 0.1) is 0 Å². The number of nitrogens with one attached hydrogen (secondary N) is 1. The first-order valence-electron chi connectivity index (χ1n) is 18.9. The van der Waals surface area contributed by atoms with Crippen molar-refractivity contribution in [1.29, 1.82) is 0 Å². The summed E-state index contributed by atoms with van der Waals surface area (Å²) in [6, 6.07) is 26.7. The Labute approximate surface area is 322 Å². The summed E-state index contributed by atoms with van der Waals surface area (Å²) in [5.41, 5.74) is 6.16. The molecule has 9 rings (SSSR count). The van der Waals surface area contributed by atoms with Crippen LogP contribution in [0.25, 0.3) is 11.2 Å². The molecule has 56 heavy (non-hydrogen) atoms. The van der Waals surface area contributed by atoms with Gasteiger partial charge in [0.2, 0.25) is 11.8 Å². The van der Waals surface area contributed by atoms with E-state index in [1.807, 2.05) is 61.5 Å². The number of benzene rings is 3. The SMILES string of the molecule is CCn1nnc([C@H]2O[C@@H](n3cnc4c(NCC(c5ccccc5)c5ccccc5)nc(N5CC[C@@H](N6Cc7ccc(C(=O)OC)cc7C6)C5)nc43)[C@H](O)[C@@H]2O)n1. The molecule has 16 nitrogen and oxygen atoms in total. The standard InChI is InChI=1S/C40H43N11O5/c1-3-51-46-36(45-47-51)34-32(52)33(53)38(56-34)50-23-42-31-35(41-19-30(24-10-6-4-7-11-24)25-12-8-5-9-13-25)43-40(44-37(31)50)48-17-16-29(22-48)49-20-27-15-14-26(39(54)55-2)18-28(27)21-49/h4-15,18,23,29-30,32-34,38,52-53H,3,16-17,19-22H2,1-2H3,(H,41,43,44)/t29-,32+,33-,34+,38-/m1/s1. The third kappa shape index (κ3) is 6.63. The summed E-state index contributed by atoms with van der Waals surface area (Å²) in [6.07, 6.45) is -2.21. The summed E-state index contributed by atoms with van der Waals surface area (Å²) in [4.78, 5) is 33.1. The van der Waals surface area contributed by atoms with Gasteiger partial charge >= 0.3 is 5.97 Å². The Balaban J connectivity index is 1.03. The zero-order valence-corrected chi connectivity index (χ0v) is 31.1. The van der Waals surface area contributed by atoms with E-state index in [9.17, 15) is 15.0 Å². The molecular formula is C40H43N11O5. The van der Waals surface area contributed by atoms with E-state index in [-0.39, 0.29) is 23.8 Å². The lowest BCUT2D eigenvalue weighted by Crippen LogP contribution is -2.34. The summed E-state index contributed by atoms with van der Waals surface area (Å²) < 4.78 is 12.9. The topological polar surface area (TPSA) is 182 Å². The van der Waals surface area contributed by atoms with Crippen LogP contribution in [0.1, 0.15) is 70.0 Å². The van der Waals surface area contributed by atoms with Gasteiger partial charge in [-0.2, -0.15) is 14.8 Å². The van der Waals surface area contributed by atoms with Crippen LogP contribution in [0.3, 0.4) is 0 Å². The number of aromatic nitrogens is 8. The van der Waals surface area contributed by atoms with Gasteiger partial charge in [0.15, 0.2) is 29.3 Å². The molecule has 0 radical (unpaired) electrons. The average Bonchev–Trinajstić information content (AvgIpc) is 4.09. The van der Waals surface area contributed by atoms with Crippen LogP contribution in [0.2, 0.25) is 0 Å². The van der Waals surface area contributed by atoms with Gasteiger partial charge in [0.25, 0.3) is 0 Å². The van der Waals surface area contributed by atoms with Crippen molar-refractivity contribution in [3.05, 3.63) is 119 Å². The smallest absolute Gasteiger partial charge is 0.337 e. The first-order valence-corrected chi connectivity index (χ1v) is 18.9. The van der Waals surface area contributed by atoms with Gasteiger partial charge in [-0.05, 0) is 52.9 Å². The number of fused-ring (bicyclic) bond motifs is 2. The second-order valence-electron chi connectivity index (χ2n) is 14.5. The highest BCUT2D eigenvalue weighted by Gasteiger charge is 2.47. The molecule has 3 aliphatic rings. The zero-order valence-electron chi connectivity index (χ0n) is 31.1. The molecule has 16 heteroatoms. The van der Waals surface area contributed by atoms with Gasteiger partial charge in [-0.15, -0.1) is 10.2 Å². The van der Waals surface area contributed by atoms with E-state index in [2.05, 4.69) is 54.8 Å². The lowest BCUT2D eigenvalue weighted by Gasteiger charge is -2.24. The summed E-state index contributed by atoms with van der Waals surface area (Å²) in [5, 5.41) is 38.5. The Hall–Kier alpha value is -5.81. The quantitative estimate of drug-likeness (QED) is 0.164. The number of hydrogen-bond acceptors (Lipinski definition) is 14. The minimum absolute atomic E-state index is 0.0144. The number of anilines is 2. The van der Waals surface area contributed by atoms with Gasteiger partial charge in [0.1, 0.15) is 12.2 Å². The van der Waals surface area contributed by atoms with Crippen LogP contribution in [0.5, 0.6) is 0 Å². The monoisotopic (exact) mass is 757 g/mol. The minimum Gasteiger partial charge on any atom is -0.465 e. The van der Waals surface area contributed by atoms with Crippen molar-refractivity contribution >= 4 is 28.9 Å². The van der Waals surface area contributed by atoms with Gasteiger partial charge in [0, 0.05) is 44.7 Å². The fraction of sp³-hybridized carbons (Fsp3) is 0.375. The first-order chi connectivity index (χ1) is 27.4. The third-order valence-corrected chi connectivity index (χ3v) is 11.1. The van der Waals surface area contributed by atoms with Crippen LogP contribution < -0.4 is 10.2 Å². The van der Waals surface area contributed by atoms with E-state index in [4.69, 9.17) is 24.4 Å². The van der Waals surface area contributed by atoms with E-state index in [0.717, 1.165) is 42.7 Å². The molecule has 2 saturated heterocycles. The summed E-state index contributed by atoms with van der Waals surface area (Å²) in [5.74, 6) is 0.923. The molecule has 0 unspecified atom stereocenters. The van der Waals surface area contributed by atoms with Crippen molar-refractivity contribution < 1.29 is 24.5 Å². The van der Waals surface area contributed by atoms with Gasteiger partial charge in [-0.3, -0.25) is 9.47 Å². The highest BCUT2D eigenvalue weighted by Crippen LogP contribution is 2.40. The molecule has 3 N–H and O–H groups in total. The molecule has 288 valence electrons. The van der Waals surface area contributed by atoms with E-state index < -0.39 is 24.5 Å². The Bertz CT molecular complexity index is 2300. The number of hydrogen-bond donors (Lipinski definition) is 3. The largest absolute Gasteiger partial charge is 0.465 e. The number of methoxy groups -OCH3 is 1. The average molecular weight is 758 g/mol. The number of esters is 1. The maximum absolute atomic E-state index is 12.2. The molecule has 0 bridgehead atoms. The number of imidazole rings is 1. The Kier molecular flexibility index (Phi) is 9.62. The van der Waals surface area contributed by atoms with Crippen LogP contribution in [0.15, 0.2) is 85.2 Å². The summed E-state index contributed by atoms with van der Waals surface area (Å²) in [6.45, 7) is 5.84. The fourth-order valence-corrected chi connectivity index (χ4v) is 8.11. The highest BCUT2D eigenvalue weighted by atomic mass is 16.6. The second-order valence-corrected chi connectivity index (χ2v) is 14.5. The van der Waals surface area contributed by atoms with Crippen LogP contribution >= 0.6 is 0 Å². The van der Waals surface area contributed by atoms with Gasteiger partial charge in [0.05, 0.1) is 25.5 Å². The molecule has 3 aromatic carbocycles. The normalized spacial score (nSPS) is 22.3. The summed E-state index contributed by atoms with van der Waals surface area (Å²) >= 11 is 0. The van der Waals surface area contributed by atoms with Gasteiger partial charge in [-0.25, -0.2) is 9.78 Å². The van der Waals surface area contributed by atoms with Gasteiger partial charge in [-0.1, -0.05) is 66.7 Å². The number of carbonyl (C=O) groups excluding carboxylic acids is 1. The molecule has 0 amide bonds. The molecule has 0 saturated carbocycles. The molecule has 5 atom stereocenters.